The average Bonchev–Trinajstić information content (AvgIpc) is 2.90. The minimum atomic E-state index is -0.124. The molecule has 1 aromatic heterocycles. The van der Waals surface area contributed by atoms with E-state index in [9.17, 15) is 4.79 Å². The molecule has 1 fully saturated rings. The van der Waals surface area contributed by atoms with Gasteiger partial charge in [0, 0.05) is 18.8 Å². The average molecular weight is 341 g/mol. The van der Waals surface area contributed by atoms with Crippen LogP contribution in [0.25, 0.3) is 0 Å². The van der Waals surface area contributed by atoms with E-state index >= 15 is 0 Å². The van der Waals surface area contributed by atoms with Crippen molar-refractivity contribution in [2.75, 3.05) is 26.8 Å². The van der Waals surface area contributed by atoms with E-state index < -0.39 is 0 Å². The van der Waals surface area contributed by atoms with Crippen LogP contribution in [0.15, 0.2) is 24.3 Å². The molecule has 1 aromatic carbocycles. The molecule has 25 heavy (non-hydrogen) atoms. The second-order valence-corrected chi connectivity index (χ2v) is 6.95. The molecule has 1 amide bonds. The number of rotatable bonds is 3. The summed E-state index contributed by atoms with van der Waals surface area (Å²) in [6, 6.07) is 8.12. The Kier molecular flexibility index (Phi) is 3.90. The van der Waals surface area contributed by atoms with Crippen LogP contribution in [-0.4, -0.2) is 47.4 Å². The van der Waals surface area contributed by atoms with Gasteiger partial charge in [-0.3, -0.25) is 9.48 Å². The molecule has 0 saturated carbocycles. The number of fused-ring (bicyclic) bond motifs is 1. The van der Waals surface area contributed by atoms with Crippen LogP contribution in [0.5, 0.6) is 11.5 Å². The Balaban J connectivity index is 1.40. The number of methoxy groups -OCH3 is 1. The van der Waals surface area contributed by atoms with E-state index in [4.69, 9.17) is 9.47 Å². The first kappa shape index (κ1) is 16.0. The molecule has 0 radical (unpaired) electrons. The molecule has 6 heteroatoms. The van der Waals surface area contributed by atoms with Crippen LogP contribution in [0.4, 0.5) is 0 Å². The van der Waals surface area contributed by atoms with E-state index in [0.29, 0.717) is 13.0 Å². The molecule has 0 N–H and O–H groups in total. The number of aromatic nitrogens is 2. The normalized spacial score (nSPS) is 19.8. The van der Waals surface area contributed by atoms with Gasteiger partial charge >= 0.3 is 0 Å². The summed E-state index contributed by atoms with van der Waals surface area (Å²) in [7, 11) is 1.65. The first-order valence-electron chi connectivity index (χ1n) is 8.66. The van der Waals surface area contributed by atoms with E-state index in [1.54, 1.807) is 7.11 Å². The van der Waals surface area contributed by atoms with Crippen LogP contribution in [-0.2, 0) is 11.2 Å². The molecule has 6 nitrogen and oxygen atoms in total. The van der Waals surface area contributed by atoms with Crippen molar-refractivity contribution >= 4 is 5.91 Å². The van der Waals surface area contributed by atoms with Crippen LogP contribution >= 0.6 is 0 Å². The molecule has 2 aliphatic heterocycles. The van der Waals surface area contributed by atoms with Crippen LogP contribution in [0.1, 0.15) is 23.0 Å². The largest absolute Gasteiger partial charge is 0.497 e. The van der Waals surface area contributed by atoms with Gasteiger partial charge in [0.05, 0.1) is 24.8 Å². The molecule has 0 bridgehead atoms. The molecule has 2 aromatic rings. The standard InChI is InChI=1S/C19H23N3O3/c1-12-6-13(2)22(20-12)16-9-21(10-16)19(23)15-7-14-8-17(24-3)4-5-18(14)25-11-15/h4-6,8,15-16H,7,9-11H2,1-3H3/t15-/m1/s1. The fraction of sp³-hybridized carbons (Fsp3) is 0.474. The maximum atomic E-state index is 12.8. The minimum Gasteiger partial charge on any atom is -0.497 e. The Morgan fingerprint density at radius 3 is 2.76 bits per heavy atom. The quantitative estimate of drug-likeness (QED) is 0.858. The van der Waals surface area contributed by atoms with Crippen LogP contribution in [0.3, 0.4) is 0 Å². The Morgan fingerprint density at radius 2 is 2.08 bits per heavy atom. The minimum absolute atomic E-state index is 0.124. The Hall–Kier alpha value is -2.50. The number of aryl methyl sites for hydroxylation is 2. The Morgan fingerprint density at radius 1 is 1.28 bits per heavy atom. The molecular formula is C19H23N3O3. The highest BCUT2D eigenvalue weighted by molar-refractivity contribution is 5.80. The Labute approximate surface area is 147 Å². The number of hydrogen-bond acceptors (Lipinski definition) is 4. The number of benzene rings is 1. The maximum Gasteiger partial charge on any atom is 0.229 e. The highest BCUT2D eigenvalue weighted by Crippen LogP contribution is 2.33. The van der Waals surface area contributed by atoms with Crippen molar-refractivity contribution in [3.63, 3.8) is 0 Å². The number of carbonyl (C=O) groups is 1. The molecule has 0 aliphatic carbocycles. The number of hydrogen-bond donors (Lipinski definition) is 0. The first-order chi connectivity index (χ1) is 12.0. The number of carbonyl (C=O) groups excluding carboxylic acids is 1. The molecule has 3 heterocycles. The summed E-state index contributed by atoms with van der Waals surface area (Å²) in [5.74, 6) is 1.70. The molecule has 4 rings (SSSR count). The zero-order chi connectivity index (χ0) is 17.6. The van der Waals surface area contributed by atoms with Crippen molar-refractivity contribution in [2.24, 2.45) is 5.92 Å². The SMILES string of the molecule is COc1ccc2c(c1)C[C@@H](C(=O)N1CC(n3nc(C)cc3C)C1)CO2. The van der Waals surface area contributed by atoms with Crippen LogP contribution in [0, 0.1) is 19.8 Å². The van der Waals surface area contributed by atoms with Gasteiger partial charge in [-0.15, -0.1) is 0 Å². The van der Waals surface area contributed by atoms with Gasteiger partial charge < -0.3 is 14.4 Å². The van der Waals surface area contributed by atoms with Gasteiger partial charge in [0.25, 0.3) is 0 Å². The number of amides is 1. The smallest absolute Gasteiger partial charge is 0.229 e. The number of likely N-dealkylation sites (tertiary alicyclic amines) is 1. The van der Waals surface area contributed by atoms with Gasteiger partial charge in [-0.2, -0.15) is 5.10 Å². The Bertz CT molecular complexity index is 808. The van der Waals surface area contributed by atoms with Gasteiger partial charge in [-0.25, -0.2) is 0 Å². The summed E-state index contributed by atoms with van der Waals surface area (Å²) in [5, 5.41) is 4.53. The van der Waals surface area contributed by atoms with Gasteiger partial charge in [0.15, 0.2) is 0 Å². The molecular weight excluding hydrogens is 318 g/mol. The van der Waals surface area contributed by atoms with Crippen molar-refractivity contribution in [2.45, 2.75) is 26.3 Å². The van der Waals surface area contributed by atoms with E-state index in [-0.39, 0.29) is 17.9 Å². The fourth-order valence-electron chi connectivity index (χ4n) is 3.72. The summed E-state index contributed by atoms with van der Waals surface area (Å²) in [6.45, 7) is 5.95. The summed E-state index contributed by atoms with van der Waals surface area (Å²) in [5.41, 5.74) is 3.21. The third-order valence-electron chi connectivity index (χ3n) is 5.09. The van der Waals surface area contributed by atoms with Gasteiger partial charge in [-0.05, 0) is 50.1 Å². The molecule has 1 saturated heterocycles. The van der Waals surface area contributed by atoms with Crippen molar-refractivity contribution in [1.82, 2.24) is 14.7 Å². The number of nitrogens with zero attached hydrogens (tertiary/aromatic N) is 3. The third kappa shape index (κ3) is 2.86. The zero-order valence-corrected chi connectivity index (χ0v) is 14.9. The van der Waals surface area contributed by atoms with E-state index in [1.807, 2.05) is 34.7 Å². The second kappa shape index (κ2) is 6.10. The van der Waals surface area contributed by atoms with Gasteiger partial charge in [0.2, 0.25) is 5.91 Å². The zero-order valence-electron chi connectivity index (χ0n) is 14.9. The topological polar surface area (TPSA) is 56.6 Å². The predicted molar refractivity (Wildman–Crippen MR) is 93.0 cm³/mol. The van der Waals surface area contributed by atoms with Crippen LogP contribution in [0.2, 0.25) is 0 Å². The van der Waals surface area contributed by atoms with E-state index in [1.165, 1.54) is 0 Å². The van der Waals surface area contributed by atoms with E-state index in [2.05, 4.69) is 18.1 Å². The lowest BCUT2D eigenvalue weighted by molar-refractivity contribution is -0.143. The summed E-state index contributed by atoms with van der Waals surface area (Å²) >= 11 is 0. The van der Waals surface area contributed by atoms with Crippen molar-refractivity contribution in [1.29, 1.82) is 0 Å². The van der Waals surface area contributed by atoms with Crippen LogP contribution < -0.4 is 9.47 Å². The lowest BCUT2D eigenvalue weighted by Gasteiger charge is -2.42. The second-order valence-electron chi connectivity index (χ2n) is 6.95. The van der Waals surface area contributed by atoms with Crippen molar-refractivity contribution < 1.29 is 14.3 Å². The summed E-state index contributed by atoms with van der Waals surface area (Å²) in [4.78, 5) is 14.7. The van der Waals surface area contributed by atoms with E-state index in [0.717, 1.165) is 41.5 Å². The maximum absolute atomic E-state index is 12.8. The monoisotopic (exact) mass is 341 g/mol. The number of ether oxygens (including phenoxy) is 2. The lowest BCUT2D eigenvalue weighted by atomic mass is 9.93. The predicted octanol–water partition coefficient (Wildman–Crippen LogP) is 2.14. The summed E-state index contributed by atoms with van der Waals surface area (Å²) < 4.78 is 13.1. The van der Waals surface area contributed by atoms with Gasteiger partial charge in [0.1, 0.15) is 18.1 Å². The fourth-order valence-corrected chi connectivity index (χ4v) is 3.72. The van der Waals surface area contributed by atoms with Crippen molar-refractivity contribution in [3.8, 4) is 11.5 Å². The molecule has 2 aliphatic rings. The highest BCUT2D eigenvalue weighted by atomic mass is 16.5. The van der Waals surface area contributed by atoms with Crippen molar-refractivity contribution in [3.05, 3.63) is 41.2 Å². The molecule has 1 atom stereocenters. The summed E-state index contributed by atoms with van der Waals surface area (Å²) in [6.07, 6.45) is 0.701. The first-order valence-corrected chi connectivity index (χ1v) is 8.66. The molecule has 0 spiro atoms. The highest BCUT2D eigenvalue weighted by Gasteiger charge is 2.38. The molecule has 0 unspecified atom stereocenters. The third-order valence-corrected chi connectivity index (χ3v) is 5.09. The molecule has 132 valence electrons. The van der Waals surface area contributed by atoms with Gasteiger partial charge in [-0.1, -0.05) is 0 Å². The lowest BCUT2D eigenvalue weighted by Crippen LogP contribution is -2.54.